The van der Waals surface area contributed by atoms with E-state index < -0.39 is 10.0 Å². The maximum atomic E-state index is 12.8. The largest absolute Gasteiger partial charge is 0.301 e. The maximum absolute atomic E-state index is 12.8. The van der Waals surface area contributed by atoms with Crippen LogP contribution < -0.4 is 0 Å². The molecule has 0 radical (unpaired) electrons. The minimum absolute atomic E-state index is 0.0321. The van der Waals surface area contributed by atoms with Crippen molar-refractivity contribution in [3.8, 4) is 0 Å². The number of nitrogens with zero attached hydrogens (tertiary/aromatic N) is 2. The maximum Gasteiger partial charge on any atom is 0.243 e. The molecule has 0 N–H and O–H groups in total. The van der Waals surface area contributed by atoms with Crippen LogP contribution in [0, 0.1) is 5.92 Å². The van der Waals surface area contributed by atoms with Crippen LogP contribution in [0.4, 0.5) is 0 Å². The van der Waals surface area contributed by atoms with Gasteiger partial charge in [0.05, 0.1) is 4.90 Å². The van der Waals surface area contributed by atoms with E-state index in [1.54, 1.807) is 16.4 Å². The summed E-state index contributed by atoms with van der Waals surface area (Å²) in [6.07, 6.45) is 1.17. The summed E-state index contributed by atoms with van der Waals surface area (Å²) in [5.41, 5.74) is 1.18. The molecule has 1 aliphatic rings. The fourth-order valence-corrected chi connectivity index (χ4v) is 4.33. The second-order valence-electron chi connectivity index (χ2n) is 8.20. The highest BCUT2D eigenvalue weighted by molar-refractivity contribution is 7.89. The highest BCUT2D eigenvalue weighted by Crippen LogP contribution is 2.25. The third-order valence-electron chi connectivity index (χ3n) is 4.71. The number of hydrogen-bond acceptors (Lipinski definition) is 3. The van der Waals surface area contributed by atoms with Gasteiger partial charge in [0.2, 0.25) is 10.0 Å². The monoisotopic (exact) mass is 352 g/mol. The minimum atomic E-state index is -3.37. The van der Waals surface area contributed by atoms with Gasteiger partial charge in [-0.1, -0.05) is 46.8 Å². The Labute approximate surface area is 147 Å². The highest BCUT2D eigenvalue weighted by atomic mass is 32.2. The zero-order valence-electron chi connectivity index (χ0n) is 15.7. The molecule has 0 bridgehead atoms. The summed E-state index contributed by atoms with van der Waals surface area (Å²) < 4.78 is 27.3. The molecule has 1 heterocycles. The molecular formula is C19H32N2O2S. The summed E-state index contributed by atoms with van der Waals surface area (Å²) in [4.78, 5) is 2.78. The van der Waals surface area contributed by atoms with Gasteiger partial charge in [0.1, 0.15) is 0 Å². The van der Waals surface area contributed by atoms with Crippen LogP contribution in [0.25, 0.3) is 0 Å². The van der Waals surface area contributed by atoms with Gasteiger partial charge in [0.25, 0.3) is 0 Å². The van der Waals surface area contributed by atoms with Crippen molar-refractivity contribution >= 4 is 10.0 Å². The predicted octanol–water partition coefficient (Wildman–Crippen LogP) is 3.34. The molecule has 0 spiro atoms. The molecule has 0 saturated carbocycles. The first-order chi connectivity index (χ1) is 11.1. The van der Waals surface area contributed by atoms with E-state index in [2.05, 4.69) is 39.5 Å². The second kappa shape index (κ2) is 7.54. The zero-order valence-corrected chi connectivity index (χ0v) is 16.6. The van der Waals surface area contributed by atoms with Crippen LogP contribution >= 0.6 is 0 Å². The van der Waals surface area contributed by atoms with Crippen molar-refractivity contribution in [3.63, 3.8) is 0 Å². The lowest BCUT2D eigenvalue weighted by Crippen LogP contribution is -2.48. The predicted molar refractivity (Wildman–Crippen MR) is 99.8 cm³/mol. The Morgan fingerprint density at radius 1 is 1.00 bits per heavy atom. The average molecular weight is 353 g/mol. The van der Waals surface area contributed by atoms with Gasteiger partial charge in [-0.3, -0.25) is 0 Å². The van der Waals surface area contributed by atoms with Crippen LogP contribution in [0.1, 0.15) is 46.6 Å². The van der Waals surface area contributed by atoms with Gasteiger partial charge in [-0.2, -0.15) is 4.31 Å². The molecule has 0 unspecified atom stereocenters. The molecular weight excluding hydrogens is 320 g/mol. The third kappa shape index (κ3) is 4.80. The summed E-state index contributed by atoms with van der Waals surface area (Å²) in [6.45, 7) is 14.7. The summed E-state index contributed by atoms with van der Waals surface area (Å²) in [7, 11) is -3.37. The first-order valence-corrected chi connectivity index (χ1v) is 10.4. The van der Waals surface area contributed by atoms with Crippen LogP contribution in [0.15, 0.2) is 29.2 Å². The molecule has 1 aromatic carbocycles. The summed E-state index contributed by atoms with van der Waals surface area (Å²) >= 11 is 0. The molecule has 5 heteroatoms. The van der Waals surface area contributed by atoms with Crippen molar-refractivity contribution in [2.45, 2.75) is 51.3 Å². The number of rotatable bonds is 5. The topological polar surface area (TPSA) is 40.6 Å². The fourth-order valence-electron chi connectivity index (χ4n) is 2.91. The SMILES string of the molecule is CC(C)CCN1CCN(S(=O)(=O)c2ccc(C(C)(C)C)cc2)CC1. The Bertz CT molecular complexity index is 622. The normalized spacial score (nSPS) is 18.2. The minimum Gasteiger partial charge on any atom is -0.301 e. The number of hydrogen-bond donors (Lipinski definition) is 0. The lowest BCUT2D eigenvalue weighted by molar-refractivity contribution is 0.180. The molecule has 136 valence electrons. The lowest BCUT2D eigenvalue weighted by Gasteiger charge is -2.34. The second-order valence-corrected chi connectivity index (χ2v) is 10.1. The Kier molecular flexibility index (Phi) is 6.10. The van der Waals surface area contributed by atoms with Crippen molar-refractivity contribution in [2.24, 2.45) is 5.92 Å². The first kappa shape index (κ1) is 19.4. The molecule has 0 aromatic heterocycles. The molecule has 1 saturated heterocycles. The molecule has 1 fully saturated rings. The zero-order chi connectivity index (χ0) is 18.0. The molecule has 0 atom stereocenters. The molecule has 4 nitrogen and oxygen atoms in total. The smallest absolute Gasteiger partial charge is 0.243 e. The Morgan fingerprint density at radius 3 is 2.00 bits per heavy atom. The van der Waals surface area contributed by atoms with Crippen LogP contribution in [0.5, 0.6) is 0 Å². The summed E-state index contributed by atoms with van der Waals surface area (Å²) in [5, 5.41) is 0. The Morgan fingerprint density at radius 2 is 1.54 bits per heavy atom. The fraction of sp³-hybridized carbons (Fsp3) is 0.684. The summed E-state index contributed by atoms with van der Waals surface area (Å²) in [6, 6.07) is 7.37. The van der Waals surface area contributed by atoms with E-state index in [4.69, 9.17) is 0 Å². The van der Waals surface area contributed by atoms with E-state index >= 15 is 0 Å². The van der Waals surface area contributed by atoms with Crippen molar-refractivity contribution in [1.82, 2.24) is 9.21 Å². The average Bonchev–Trinajstić information content (AvgIpc) is 2.52. The number of benzene rings is 1. The van der Waals surface area contributed by atoms with E-state index in [9.17, 15) is 8.42 Å². The molecule has 24 heavy (non-hydrogen) atoms. The Hall–Kier alpha value is -0.910. The van der Waals surface area contributed by atoms with Gasteiger partial charge >= 0.3 is 0 Å². The van der Waals surface area contributed by atoms with Crippen molar-refractivity contribution < 1.29 is 8.42 Å². The Balaban J connectivity index is 2.01. The quantitative estimate of drug-likeness (QED) is 0.816. The van der Waals surface area contributed by atoms with Gasteiger partial charge in [0, 0.05) is 26.2 Å². The van der Waals surface area contributed by atoms with Gasteiger partial charge in [-0.15, -0.1) is 0 Å². The van der Waals surface area contributed by atoms with E-state index in [1.165, 1.54) is 6.42 Å². The van der Waals surface area contributed by atoms with Crippen LogP contribution in [-0.4, -0.2) is 50.3 Å². The first-order valence-electron chi connectivity index (χ1n) is 8.94. The standard InChI is InChI=1S/C19H32N2O2S/c1-16(2)10-11-20-12-14-21(15-13-20)24(22,23)18-8-6-17(7-9-18)19(3,4)5/h6-9,16H,10-15H2,1-5H3. The van der Waals surface area contributed by atoms with Crippen molar-refractivity contribution in [2.75, 3.05) is 32.7 Å². The number of piperazine rings is 1. The van der Waals surface area contributed by atoms with Crippen LogP contribution in [0.3, 0.4) is 0 Å². The van der Waals surface area contributed by atoms with Gasteiger partial charge in [-0.05, 0) is 42.0 Å². The molecule has 1 aromatic rings. The van der Waals surface area contributed by atoms with E-state index in [0.717, 1.165) is 25.2 Å². The van der Waals surface area contributed by atoms with E-state index in [1.807, 2.05) is 12.1 Å². The van der Waals surface area contributed by atoms with Crippen LogP contribution in [0.2, 0.25) is 0 Å². The lowest BCUT2D eigenvalue weighted by atomic mass is 9.87. The molecule has 2 rings (SSSR count). The third-order valence-corrected chi connectivity index (χ3v) is 6.62. The molecule has 0 aliphatic carbocycles. The van der Waals surface area contributed by atoms with Crippen LogP contribution in [-0.2, 0) is 15.4 Å². The summed E-state index contributed by atoms with van der Waals surface area (Å²) in [5.74, 6) is 0.688. The van der Waals surface area contributed by atoms with Gasteiger partial charge in [-0.25, -0.2) is 8.42 Å². The molecule has 0 amide bonds. The van der Waals surface area contributed by atoms with Gasteiger partial charge in [0.15, 0.2) is 0 Å². The van der Waals surface area contributed by atoms with Crippen molar-refractivity contribution in [1.29, 1.82) is 0 Å². The van der Waals surface area contributed by atoms with E-state index in [-0.39, 0.29) is 5.41 Å². The number of sulfonamides is 1. The highest BCUT2D eigenvalue weighted by Gasteiger charge is 2.28. The van der Waals surface area contributed by atoms with E-state index in [0.29, 0.717) is 23.9 Å². The van der Waals surface area contributed by atoms with Crippen molar-refractivity contribution in [3.05, 3.63) is 29.8 Å². The van der Waals surface area contributed by atoms with Gasteiger partial charge < -0.3 is 4.90 Å². The molecule has 1 aliphatic heterocycles.